The van der Waals surface area contributed by atoms with Crippen LogP contribution in [0.25, 0.3) is 5.65 Å². The first-order valence-electron chi connectivity index (χ1n) is 5.72. The van der Waals surface area contributed by atoms with Gasteiger partial charge in [0.05, 0.1) is 5.69 Å². The second-order valence-electron chi connectivity index (χ2n) is 4.21. The maximum absolute atomic E-state index is 13.1. The molecule has 3 aromatic rings. The molecule has 0 aliphatic rings. The van der Waals surface area contributed by atoms with E-state index in [1.54, 1.807) is 22.9 Å². The summed E-state index contributed by atoms with van der Waals surface area (Å²) < 4.78 is 27.8. The van der Waals surface area contributed by atoms with E-state index >= 15 is 0 Å². The lowest BCUT2D eigenvalue weighted by Crippen LogP contribution is -2.01. The Balaban J connectivity index is 2.02. The minimum atomic E-state index is -1.09. The Bertz CT molecular complexity index is 706. The van der Waals surface area contributed by atoms with Crippen LogP contribution in [0.5, 0.6) is 0 Å². The third-order valence-corrected chi connectivity index (χ3v) is 2.92. The molecule has 2 aromatic heterocycles. The fourth-order valence-electron chi connectivity index (χ4n) is 1.94. The topological polar surface area (TPSA) is 37.5 Å². The summed E-state index contributed by atoms with van der Waals surface area (Å²) in [4.78, 5) is 4.24. The fourth-order valence-corrected chi connectivity index (χ4v) is 1.94. The van der Waals surface area contributed by atoms with Gasteiger partial charge in [-0.3, -0.25) is 0 Å². The molecular weight excluding hydrogens is 250 g/mol. The number of hydrogen-bond donors (Lipinski definition) is 1. The molecule has 0 fully saturated rings. The Morgan fingerprint density at radius 3 is 2.68 bits per heavy atom. The summed E-state index contributed by atoms with van der Waals surface area (Å²) in [6.45, 7) is 0. The smallest absolute Gasteiger partial charge is 0.159 e. The Hall–Kier alpha value is -2.27. The van der Waals surface area contributed by atoms with Crippen LogP contribution >= 0.6 is 0 Å². The lowest BCUT2D eigenvalue weighted by molar-refractivity contribution is 0.215. The van der Waals surface area contributed by atoms with Crippen molar-refractivity contribution >= 4 is 5.65 Å². The van der Waals surface area contributed by atoms with Crippen LogP contribution in [0.15, 0.2) is 48.8 Å². The van der Waals surface area contributed by atoms with Gasteiger partial charge < -0.3 is 9.51 Å². The van der Waals surface area contributed by atoms with Crippen LogP contribution in [0.1, 0.15) is 17.4 Å². The maximum atomic E-state index is 13.1. The first-order valence-corrected chi connectivity index (χ1v) is 5.72. The summed E-state index contributed by atoms with van der Waals surface area (Å²) in [5, 5.41) is 10.1. The van der Waals surface area contributed by atoms with Crippen molar-refractivity contribution in [2.75, 3.05) is 0 Å². The zero-order valence-corrected chi connectivity index (χ0v) is 9.79. The molecule has 0 radical (unpaired) electrons. The minimum absolute atomic E-state index is 0.266. The Morgan fingerprint density at radius 2 is 1.95 bits per heavy atom. The number of fused-ring (bicyclic) bond motifs is 1. The van der Waals surface area contributed by atoms with Gasteiger partial charge in [0.15, 0.2) is 11.6 Å². The molecule has 5 heteroatoms. The number of benzene rings is 1. The Labute approximate surface area is 107 Å². The summed E-state index contributed by atoms with van der Waals surface area (Å²) in [5.41, 5.74) is 1.33. The van der Waals surface area contributed by atoms with Crippen molar-refractivity contribution in [3.05, 3.63) is 71.7 Å². The fraction of sp³-hybridized carbons (Fsp3) is 0.0714. The maximum Gasteiger partial charge on any atom is 0.159 e. The Kier molecular flexibility index (Phi) is 2.76. The molecule has 0 saturated carbocycles. The molecule has 0 saturated heterocycles. The first kappa shape index (κ1) is 11.8. The summed E-state index contributed by atoms with van der Waals surface area (Å²) in [6, 6.07) is 8.76. The van der Waals surface area contributed by atoms with Crippen molar-refractivity contribution < 1.29 is 13.9 Å². The molecule has 1 N–H and O–H groups in total. The van der Waals surface area contributed by atoms with Gasteiger partial charge in [0, 0.05) is 12.4 Å². The average molecular weight is 260 g/mol. The quantitative estimate of drug-likeness (QED) is 0.769. The normalized spacial score (nSPS) is 12.8. The van der Waals surface area contributed by atoms with E-state index in [0.29, 0.717) is 11.3 Å². The predicted molar refractivity (Wildman–Crippen MR) is 65.6 cm³/mol. The van der Waals surface area contributed by atoms with Crippen LogP contribution in [0.2, 0.25) is 0 Å². The standard InChI is InChI=1S/C14H10F2N2O/c15-10-5-4-9(7-11(10)16)14(19)12-8-18-6-2-1-3-13(18)17-12/h1-8,14,19H. The van der Waals surface area contributed by atoms with Crippen molar-refractivity contribution in [1.29, 1.82) is 0 Å². The van der Waals surface area contributed by atoms with Gasteiger partial charge in [-0.1, -0.05) is 12.1 Å². The third kappa shape index (κ3) is 2.08. The molecule has 0 bridgehead atoms. The number of aliphatic hydroxyl groups excluding tert-OH is 1. The Morgan fingerprint density at radius 1 is 1.11 bits per heavy atom. The van der Waals surface area contributed by atoms with Crippen molar-refractivity contribution in [3.8, 4) is 0 Å². The summed E-state index contributed by atoms with van der Waals surface area (Å²) in [6.07, 6.45) is 2.36. The number of aromatic nitrogens is 2. The van der Waals surface area contributed by atoms with Gasteiger partial charge in [0.25, 0.3) is 0 Å². The highest BCUT2D eigenvalue weighted by atomic mass is 19.2. The highest BCUT2D eigenvalue weighted by Crippen LogP contribution is 2.23. The van der Waals surface area contributed by atoms with E-state index in [0.717, 1.165) is 12.1 Å². The van der Waals surface area contributed by atoms with E-state index < -0.39 is 17.7 Å². The van der Waals surface area contributed by atoms with E-state index in [1.165, 1.54) is 6.07 Å². The summed E-state index contributed by atoms with van der Waals surface area (Å²) in [5.74, 6) is -1.92. The van der Waals surface area contributed by atoms with E-state index in [4.69, 9.17) is 0 Å². The van der Waals surface area contributed by atoms with Gasteiger partial charge in [-0.25, -0.2) is 13.8 Å². The van der Waals surface area contributed by atoms with Gasteiger partial charge in [-0.2, -0.15) is 0 Å². The molecule has 96 valence electrons. The number of rotatable bonds is 2. The van der Waals surface area contributed by atoms with Gasteiger partial charge >= 0.3 is 0 Å². The van der Waals surface area contributed by atoms with Crippen molar-refractivity contribution in [1.82, 2.24) is 9.38 Å². The van der Waals surface area contributed by atoms with E-state index in [1.807, 2.05) is 12.1 Å². The number of nitrogens with zero attached hydrogens (tertiary/aromatic N) is 2. The lowest BCUT2D eigenvalue weighted by atomic mass is 10.1. The van der Waals surface area contributed by atoms with Crippen molar-refractivity contribution in [3.63, 3.8) is 0 Å². The van der Waals surface area contributed by atoms with Crippen LogP contribution in [-0.4, -0.2) is 14.5 Å². The average Bonchev–Trinajstić information content (AvgIpc) is 2.85. The van der Waals surface area contributed by atoms with E-state index in [2.05, 4.69) is 4.98 Å². The van der Waals surface area contributed by atoms with Crippen LogP contribution in [0, 0.1) is 11.6 Å². The zero-order valence-electron chi connectivity index (χ0n) is 9.79. The molecule has 3 nitrogen and oxygen atoms in total. The second-order valence-corrected chi connectivity index (χ2v) is 4.21. The second kappa shape index (κ2) is 4.44. The first-order chi connectivity index (χ1) is 9.15. The van der Waals surface area contributed by atoms with Crippen LogP contribution < -0.4 is 0 Å². The van der Waals surface area contributed by atoms with Gasteiger partial charge in [0.2, 0.25) is 0 Å². The van der Waals surface area contributed by atoms with Crippen LogP contribution in [0.4, 0.5) is 8.78 Å². The van der Waals surface area contributed by atoms with Gasteiger partial charge in [-0.15, -0.1) is 0 Å². The number of halogens is 2. The van der Waals surface area contributed by atoms with Crippen molar-refractivity contribution in [2.24, 2.45) is 0 Å². The highest BCUT2D eigenvalue weighted by molar-refractivity contribution is 5.41. The molecular formula is C14H10F2N2O. The minimum Gasteiger partial charge on any atom is -0.382 e. The van der Waals surface area contributed by atoms with E-state index in [9.17, 15) is 13.9 Å². The molecule has 0 aliphatic carbocycles. The summed E-state index contributed by atoms with van der Waals surface area (Å²) in [7, 11) is 0. The van der Waals surface area contributed by atoms with Crippen LogP contribution in [0.3, 0.4) is 0 Å². The summed E-state index contributed by atoms with van der Waals surface area (Å²) >= 11 is 0. The lowest BCUT2D eigenvalue weighted by Gasteiger charge is -2.08. The molecule has 0 spiro atoms. The number of pyridine rings is 1. The zero-order chi connectivity index (χ0) is 13.4. The molecule has 19 heavy (non-hydrogen) atoms. The molecule has 2 heterocycles. The van der Waals surface area contributed by atoms with Gasteiger partial charge in [-0.05, 0) is 29.8 Å². The molecule has 3 rings (SSSR count). The molecule has 0 aliphatic heterocycles. The molecule has 1 atom stereocenters. The molecule has 0 amide bonds. The third-order valence-electron chi connectivity index (χ3n) is 2.92. The monoisotopic (exact) mass is 260 g/mol. The van der Waals surface area contributed by atoms with Gasteiger partial charge in [0.1, 0.15) is 11.8 Å². The number of hydrogen-bond acceptors (Lipinski definition) is 2. The van der Waals surface area contributed by atoms with Crippen LogP contribution in [-0.2, 0) is 0 Å². The predicted octanol–water partition coefficient (Wildman–Crippen LogP) is 2.69. The largest absolute Gasteiger partial charge is 0.382 e. The molecule has 1 unspecified atom stereocenters. The number of aliphatic hydroxyl groups is 1. The SMILES string of the molecule is OC(c1ccc(F)c(F)c1)c1cn2ccccc2n1. The van der Waals surface area contributed by atoms with Crippen molar-refractivity contribution in [2.45, 2.75) is 6.10 Å². The number of imidazole rings is 1. The highest BCUT2D eigenvalue weighted by Gasteiger charge is 2.16. The molecule has 1 aromatic carbocycles. The van der Waals surface area contributed by atoms with E-state index in [-0.39, 0.29) is 5.56 Å².